The van der Waals surface area contributed by atoms with Crippen LogP contribution in [0.5, 0.6) is 0 Å². The Balaban J connectivity index is -0.0000000150. The fourth-order valence-electron chi connectivity index (χ4n) is 0. The SMILES string of the molecule is O.OB(O)O.[CaH2].[Mn]. The van der Waals surface area contributed by atoms with E-state index in [1.54, 1.807) is 0 Å². The first kappa shape index (κ1) is 23.4. The van der Waals surface area contributed by atoms with Crippen molar-refractivity contribution in [3.05, 3.63) is 0 Å². The molecular weight excluding hydrogens is 170 g/mol. The Bertz CT molecular complexity index is 16.4. The Morgan fingerprint density at radius 2 is 1.00 bits per heavy atom. The van der Waals surface area contributed by atoms with Crippen molar-refractivity contribution in [3.63, 3.8) is 0 Å². The van der Waals surface area contributed by atoms with Crippen LogP contribution in [-0.4, -0.2) is 65.6 Å². The van der Waals surface area contributed by atoms with Gasteiger partial charge in [-0.3, -0.25) is 0 Å². The first-order valence-electron chi connectivity index (χ1n) is 0.775. The van der Waals surface area contributed by atoms with Crippen molar-refractivity contribution in [1.29, 1.82) is 0 Å². The second-order valence-electron chi connectivity index (χ2n) is 0.346. The molecule has 43 valence electrons. The molecule has 0 fully saturated rings. The third kappa shape index (κ3) is 87.5. The van der Waals surface area contributed by atoms with Gasteiger partial charge in [0.2, 0.25) is 0 Å². The standard InChI is InChI=1S/BH3O3.Ca.Mn.H2O.2H/c2-1(3)4;;;;;/h2-4H;;;1H2;;. The summed E-state index contributed by atoms with van der Waals surface area (Å²) in [6, 6.07) is 0. The molecule has 0 saturated heterocycles. The van der Waals surface area contributed by atoms with Crippen LogP contribution >= 0.6 is 0 Å². The van der Waals surface area contributed by atoms with Gasteiger partial charge in [-0.1, -0.05) is 0 Å². The minimum atomic E-state index is -2.17. The van der Waals surface area contributed by atoms with Crippen LogP contribution in [0.1, 0.15) is 0 Å². The van der Waals surface area contributed by atoms with Crippen molar-refractivity contribution in [1.82, 2.24) is 0 Å². The predicted octanol–water partition coefficient (Wildman–Crippen LogP) is -3.80. The summed E-state index contributed by atoms with van der Waals surface area (Å²) >= 11 is 0. The molecule has 7 heavy (non-hydrogen) atoms. The molecule has 0 aliphatic heterocycles. The van der Waals surface area contributed by atoms with Gasteiger partial charge in [-0.05, 0) is 0 Å². The van der Waals surface area contributed by atoms with Crippen molar-refractivity contribution < 1.29 is 37.6 Å². The van der Waals surface area contributed by atoms with E-state index in [1.165, 1.54) is 0 Å². The first-order valence-corrected chi connectivity index (χ1v) is 0.775. The van der Waals surface area contributed by atoms with Gasteiger partial charge in [-0.25, -0.2) is 0 Å². The summed E-state index contributed by atoms with van der Waals surface area (Å²) in [5.41, 5.74) is 0. The summed E-state index contributed by atoms with van der Waals surface area (Å²) in [4.78, 5) is 0. The molecule has 0 bridgehead atoms. The molecule has 0 aliphatic rings. The van der Waals surface area contributed by atoms with E-state index in [9.17, 15) is 0 Å². The molecule has 0 heterocycles. The van der Waals surface area contributed by atoms with Crippen LogP contribution in [0.2, 0.25) is 0 Å². The second kappa shape index (κ2) is 15.6. The minimum Gasteiger partial charge on any atom is 0 e. The van der Waals surface area contributed by atoms with Gasteiger partial charge >= 0.3 is 45.1 Å². The molecule has 0 amide bonds. The molecule has 7 heteroatoms. The molecular formula is H7BCaMnO4. The maximum Gasteiger partial charge on any atom is 0 e. The van der Waals surface area contributed by atoms with E-state index < -0.39 is 7.32 Å². The molecule has 0 aromatic carbocycles. The number of hydrogen-bond acceptors (Lipinski definition) is 3. The van der Waals surface area contributed by atoms with Crippen molar-refractivity contribution in [2.75, 3.05) is 0 Å². The van der Waals surface area contributed by atoms with Crippen molar-refractivity contribution in [3.8, 4) is 0 Å². The summed E-state index contributed by atoms with van der Waals surface area (Å²) in [5.74, 6) is 0. The van der Waals surface area contributed by atoms with Gasteiger partial charge in [0, 0.05) is 17.1 Å². The average Bonchev–Trinajstić information content (AvgIpc) is 0.811. The van der Waals surface area contributed by atoms with Gasteiger partial charge in [0.15, 0.2) is 0 Å². The molecule has 0 saturated carbocycles. The Morgan fingerprint density at radius 1 is 1.00 bits per heavy atom. The predicted molar refractivity (Wildman–Crippen MR) is 24.6 cm³/mol. The maximum atomic E-state index is 7.17. The zero-order chi connectivity index (χ0) is 3.58. The maximum absolute atomic E-state index is 7.17. The van der Waals surface area contributed by atoms with Crippen LogP contribution in [-0.2, 0) is 17.1 Å². The summed E-state index contributed by atoms with van der Waals surface area (Å²) in [7, 11) is -2.17. The molecule has 1 radical (unpaired) electrons. The van der Waals surface area contributed by atoms with E-state index in [4.69, 9.17) is 15.1 Å². The average molecular weight is 177 g/mol. The zero-order valence-corrected chi connectivity index (χ0v) is 3.98. The van der Waals surface area contributed by atoms with Gasteiger partial charge in [0.25, 0.3) is 0 Å². The summed E-state index contributed by atoms with van der Waals surface area (Å²) < 4.78 is 0. The fraction of sp³-hybridized carbons (Fsp3) is 0. The quantitative estimate of drug-likeness (QED) is 0.331. The Labute approximate surface area is 81.9 Å². The van der Waals surface area contributed by atoms with Crippen molar-refractivity contribution in [2.45, 2.75) is 0 Å². The number of rotatable bonds is 0. The topological polar surface area (TPSA) is 92.2 Å². The van der Waals surface area contributed by atoms with Gasteiger partial charge in [-0.15, -0.1) is 0 Å². The van der Waals surface area contributed by atoms with Gasteiger partial charge in [0.1, 0.15) is 0 Å². The second-order valence-corrected chi connectivity index (χ2v) is 0.346. The van der Waals surface area contributed by atoms with Gasteiger partial charge in [0.05, 0.1) is 0 Å². The molecule has 0 unspecified atom stereocenters. The van der Waals surface area contributed by atoms with Crippen LogP contribution in [0.25, 0.3) is 0 Å². The first-order chi connectivity index (χ1) is 1.73. The molecule has 4 nitrogen and oxygen atoms in total. The zero-order valence-electron chi connectivity index (χ0n) is 2.80. The van der Waals surface area contributed by atoms with Crippen molar-refractivity contribution in [2.24, 2.45) is 0 Å². The molecule has 0 spiro atoms. The van der Waals surface area contributed by atoms with E-state index in [0.717, 1.165) is 0 Å². The van der Waals surface area contributed by atoms with E-state index in [0.29, 0.717) is 0 Å². The third-order valence-electron chi connectivity index (χ3n) is 0. The van der Waals surface area contributed by atoms with Crippen LogP contribution in [0.3, 0.4) is 0 Å². The summed E-state index contributed by atoms with van der Waals surface area (Å²) in [5, 5.41) is 21.5. The molecule has 0 aromatic rings. The smallest absolute Gasteiger partial charge is 0 e. The van der Waals surface area contributed by atoms with E-state index in [1.807, 2.05) is 0 Å². The van der Waals surface area contributed by atoms with Crippen LogP contribution in [0.4, 0.5) is 0 Å². The largest absolute Gasteiger partial charge is 0 e. The van der Waals surface area contributed by atoms with Crippen LogP contribution in [0, 0.1) is 0 Å². The third-order valence-corrected chi connectivity index (χ3v) is 0. The van der Waals surface area contributed by atoms with E-state index in [-0.39, 0.29) is 60.3 Å². The monoisotopic (exact) mass is 177 g/mol. The van der Waals surface area contributed by atoms with Gasteiger partial charge in [-0.2, -0.15) is 0 Å². The Morgan fingerprint density at radius 3 is 1.00 bits per heavy atom. The molecule has 0 aliphatic carbocycles. The normalized spacial score (nSPS) is 3.86. The Kier molecular flexibility index (Phi) is 52.2. The summed E-state index contributed by atoms with van der Waals surface area (Å²) in [6.07, 6.45) is 0. The fourth-order valence-corrected chi connectivity index (χ4v) is 0. The van der Waals surface area contributed by atoms with Crippen LogP contribution in [0.15, 0.2) is 0 Å². The molecule has 0 rings (SSSR count). The van der Waals surface area contributed by atoms with E-state index in [2.05, 4.69) is 0 Å². The Hall–Kier alpha value is 1.68. The molecule has 0 atom stereocenters. The van der Waals surface area contributed by atoms with Crippen molar-refractivity contribution >= 4 is 45.1 Å². The van der Waals surface area contributed by atoms with Gasteiger partial charge < -0.3 is 20.5 Å². The molecule has 0 aromatic heterocycles. The van der Waals surface area contributed by atoms with E-state index >= 15 is 0 Å². The summed E-state index contributed by atoms with van der Waals surface area (Å²) in [6.45, 7) is 0. The number of hydrogen-bond donors (Lipinski definition) is 3. The molecule has 5 N–H and O–H groups in total. The van der Waals surface area contributed by atoms with Crippen LogP contribution < -0.4 is 0 Å². The minimum absolute atomic E-state index is 0.